The number of hydrogen-bond acceptors (Lipinski definition) is 4. The summed E-state index contributed by atoms with van der Waals surface area (Å²) in [4.78, 5) is 11.7. The van der Waals surface area contributed by atoms with Crippen LogP contribution in [0.5, 0.6) is 0 Å². The van der Waals surface area contributed by atoms with Crippen molar-refractivity contribution in [2.75, 3.05) is 11.5 Å². The maximum absolute atomic E-state index is 11.7. The Balaban J connectivity index is 0. The first-order chi connectivity index (χ1) is 10.5. The minimum absolute atomic E-state index is 0.219. The maximum Gasteiger partial charge on any atom is 0.181 e. The Morgan fingerprint density at radius 3 is 1.74 bits per heavy atom. The van der Waals surface area contributed by atoms with Crippen LogP contribution in [0.15, 0.2) is 0 Å². The van der Waals surface area contributed by atoms with Gasteiger partial charge in [-0.2, -0.15) is 0 Å². The molecule has 0 aromatic heterocycles. The summed E-state index contributed by atoms with van der Waals surface area (Å²) in [6.07, 6.45) is 5.52. The molecular formula is C17H36O4S2. The summed E-state index contributed by atoms with van der Waals surface area (Å²) < 4.78 is 29.5. The second-order valence-electron chi connectivity index (χ2n) is 6.32. The molecule has 0 amide bonds. The lowest BCUT2D eigenvalue weighted by Gasteiger charge is -2.15. The zero-order valence-corrected chi connectivity index (χ0v) is 17.4. The molecule has 140 valence electrons. The minimum Gasteiger partial charge on any atom is -0.748 e. The lowest BCUT2D eigenvalue weighted by Crippen LogP contribution is -2.31. The first kappa shape index (κ1) is 25.2. The highest BCUT2D eigenvalue weighted by molar-refractivity contribution is 7.98. The number of carbonyl (C=O) groups excluding carboxylic acids is 1. The fourth-order valence-electron chi connectivity index (χ4n) is 2.03. The molecule has 6 heteroatoms. The van der Waals surface area contributed by atoms with Gasteiger partial charge in [-0.25, -0.2) is 8.42 Å². The fourth-order valence-corrected chi connectivity index (χ4v) is 4.94. The highest BCUT2D eigenvalue weighted by atomic mass is 32.2. The van der Waals surface area contributed by atoms with Crippen molar-refractivity contribution in [3.05, 3.63) is 0 Å². The van der Waals surface area contributed by atoms with E-state index in [9.17, 15) is 17.8 Å². The van der Waals surface area contributed by atoms with Crippen LogP contribution in [0.4, 0.5) is 0 Å². The Kier molecular flexibility index (Phi) is 15.6. The molecule has 0 heterocycles. The molecule has 0 rings (SSSR count). The highest BCUT2D eigenvalue weighted by Crippen LogP contribution is 2.14. The van der Waals surface area contributed by atoms with Crippen LogP contribution in [-0.4, -0.2) is 40.8 Å². The van der Waals surface area contributed by atoms with Gasteiger partial charge in [0.15, 0.2) is 11.5 Å². The van der Waals surface area contributed by atoms with E-state index < -0.39 is 10.1 Å². The van der Waals surface area contributed by atoms with Crippen molar-refractivity contribution in [2.24, 2.45) is 0 Å². The largest absolute Gasteiger partial charge is 0.748 e. The van der Waals surface area contributed by atoms with Gasteiger partial charge in [0.1, 0.15) is 10.5 Å². The quantitative estimate of drug-likeness (QED) is 0.315. The molecule has 0 aromatic carbocycles. The summed E-state index contributed by atoms with van der Waals surface area (Å²) in [5.74, 6) is 1.08. The van der Waals surface area contributed by atoms with Crippen LogP contribution < -0.4 is 0 Å². The Hall–Kier alpha value is -0.0700. The molecule has 0 aromatic rings. The van der Waals surface area contributed by atoms with Crippen LogP contribution in [0.3, 0.4) is 0 Å². The van der Waals surface area contributed by atoms with Gasteiger partial charge in [-0.15, -0.1) is 0 Å². The highest BCUT2D eigenvalue weighted by Gasteiger charge is 2.29. The van der Waals surface area contributed by atoms with Crippen LogP contribution >= 0.6 is 0 Å². The predicted molar refractivity (Wildman–Crippen MR) is 101 cm³/mol. The van der Waals surface area contributed by atoms with Gasteiger partial charge in [0, 0.05) is 12.2 Å². The van der Waals surface area contributed by atoms with Crippen LogP contribution in [-0.2, 0) is 25.8 Å². The van der Waals surface area contributed by atoms with Crippen LogP contribution in [0.1, 0.15) is 80.1 Å². The molecule has 0 N–H and O–H groups in total. The number of carbonyl (C=O) groups is 1. The maximum atomic E-state index is 11.7. The molecule has 0 aliphatic carbocycles. The van der Waals surface area contributed by atoms with Crippen molar-refractivity contribution in [3.63, 3.8) is 0 Å². The molecule has 0 atom stereocenters. The second kappa shape index (κ2) is 14.3. The summed E-state index contributed by atoms with van der Waals surface area (Å²) in [5, 5.41) is 1.31. The molecule has 23 heavy (non-hydrogen) atoms. The van der Waals surface area contributed by atoms with Gasteiger partial charge >= 0.3 is 0 Å². The van der Waals surface area contributed by atoms with Gasteiger partial charge < -0.3 is 4.55 Å². The average Bonchev–Trinajstić information content (AvgIpc) is 2.42. The molecule has 0 unspecified atom stereocenters. The van der Waals surface area contributed by atoms with E-state index in [0.29, 0.717) is 22.7 Å². The van der Waals surface area contributed by atoms with Gasteiger partial charge in [-0.05, 0) is 51.4 Å². The Labute approximate surface area is 146 Å². The molecule has 0 bridgehead atoms. The van der Waals surface area contributed by atoms with E-state index in [2.05, 4.69) is 34.6 Å². The second-order valence-corrected chi connectivity index (χ2v) is 11.0. The van der Waals surface area contributed by atoms with Crippen LogP contribution in [0.25, 0.3) is 0 Å². The summed E-state index contributed by atoms with van der Waals surface area (Å²) in [6.45, 7) is 13.0. The first-order valence-electron chi connectivity index (χ1n) is 8.68. The van der Waals surface area contributed by atoms with Crippen LogP contribution in [0, 0.1) is 0 Å². The lowest BCUT2D eigenvalue weighted by molar-refractivity contribution is -0.116. The normalized spacial score (nSPS) is 11.7. The van der Waals surface area contributed by atoms with Gasteiger partial charge in [0.05, 0.1) is 10.1 Å². The monoisotopic (exact) mass is 368 g/mol. The third-order valence-electron chi connectivity index (χ3n) is 3.35. The number of Topliss-reactive ketones (excluding diaryl/α,β-unsaturated/α-hetero) is 1. The van der Waals surface area contributed by atoms with Crippen molar-refractivity contribution in [1.82, 2.24) is 0 Å². The van der Waals surface area contributed by atoms with Crippen LogP contribution in [0.2, 0.25) is 0 Å². The fraction of sp³-hybridized carbons (Fsp3) is 0.941. The SMILES string of the molecule is CCCCCC(=O)C[S+](C(C)C)C(C)C.CCCCS(=O)(=O)[O-]. The third-order valence-corrected chi connectivity index (χ3v) is 7.21. The van der Waals surface area contributed by atoms with Crippen molar-refractivity contribution < 1.29 is 17.8 Å². The minimum atomic E-state index is -3.94. The Bertz CT molecular complexity index is 381. The van der Waals surface area contributed by atoms with E-state index in [0.717, 1.165) is 25.0 Å². The first-order valence-corrected chi connectivity index (χ1v) is 11.8. The number of unbranched alkanes of at least 4 members (excludes halogenated alkanes) is 3. The summed E-state index contributed by atoms with van der Waals surface area (Å²) >= 11 is 0. The van der Waals surface area contributed by atoms with E-state index in [1.54, 1.807) is 0 Å². The molecule has 4 nitrogen and oxygen atoms in total. The molecule has 0 fully saturated rings. The average molecular weight is 369 g/mol. The lowest BCUT2D eigenvalue weighted by atomic mass is 10.2. The van der Waals surface area contributed by atoms with Crippen molar-refractivity contribution >= 4 is 26.8 Å². The molecule has 0 spiro atoms. The van der Waals surface area contributed by atoms with Gasteiger partial charge in [0.25, 0.3) is 0 Å². The topological polar surface area (TPSA) is 74.3 Å². The zero-order valence-electron chi connectivity index (χ0n) is 15.8. The number of rotatable bonds is 11. The van der Waals surface area contributed by atoms with Gasteiger partial charge in [0.2, 0.25) is 0 Å². The van der Waals surface area contributed by atoms with E-state index in [4.69, 9.17) is 0 Å². The Morgan fingerprint density at radius 2 is 1.43 bits per heavy atom. The Morgan fingerprint density at radius 1 is 0.957 bits per heavy atom. The van der Waals surface area contributed by atoms with Crippen molar-refractivity contribution in [1.29, 1.82) is 0 Å². The number of hydrogen-bond donors (Lipinski definition) is 0. The van der Waals surface area contributed by atoms with E-state index in [-0.39, 0.29) is 16.6 Å². The third kappa shape index (κ3) is 18.1. The molecule has 0 saturated heterocycles. The zero-order chi connectivity index (χ0) is 18.5. The molecule has 0 aliphatic rings. The summed E-state index contributed by atoms with van der Waals surface area (Å²) in [5.41, 5.74) is 0. The van der Waals surface area contributed by atoms with E-state index >= 15 is 0 Å². The number of ketones is 1. The predicted octanol–water partition coefficient (Wildman–Crippen LogP) is 3.90. The standard InChI is InChI=1S/C13H27OS.C4H10O3S/c1-6-7-8-9-13(14)10-15(11(2)3)12(4)5;1-2-3-4-8(5,6)7/h11-12H,6-10H2,1-5H3;2-4H2,1H3,(H,5,6,7)/q+1;/p-1. The van der Waals surface area contributed by atoms with Crippen molar-refractivity contribution in [2.45, 2.75) is 90.6 Å². The smallest absolute Gasteiger partial charge is 0.181 e. The van der Waals surface area contributed by atoms with Gasteiger partial charge in [-0.1, -0.05) is 33.1 Å². The summed E-state index contributed by atoms with van der Waals surface area (Å²) in [7, 11) is -3.65. The van der Waals surface area contributed by atoms with Crippen molar-refractivity contribution in [3.8, 4) is 0 Å². The molecule has 0 aliphatic heterocycles. The van der Waals surface area contributed by atoms with Gasteiger partial charge in [-0.3, -0.25) is 4.79 Å². The summed E-state index contributed by atoms with van der Waals surface area (Å²) in [6, 6.07) is 0. The molecule has 0 saturated carbocycles. The molecular weight excluding hydrogens is 332 g/mol. The molecule has 0 radical (unpaired) electrons. The van der Waals surface area contributed by atoms with E-state index in [1.165, 1.54) is 12.8 Å². The van der Waals surface area contributed by atoms with E-state index in [1.807, 2.05) is 6.92 Å².